The molecular weight excluding hydrogens is 302 g/mol. The summed E-state index contributed by atoms with van der Waals surface area (Å²) >= 11 is 7.13. The Morgan fingerprint density at radius 2 is 2.15 bits per heavy atom. The van der Waals surface area contributed by atoms with Crippen molar-refractivity contribution in [2.75, 3.05) is 5.73 Å². The predicted molar refractivity (Wildman–Crippen MR) is 78.0 cm³/mol. The van der Waals surface area contributed by atoms with Crippen LogP contribution in [0.2, 0.25) is 4.34 Å². The van der Waals surface area contributed by atoms with E-state index in [0.717, 1.165) is 10.9 Å². The molecule has 6 nitrogen and oxygen atoms in total. The Bertz CT molecular complexity index is 672. The van der Waals surface area contributed by atoms with Crippen LogP contribution in [0.3, 0.4) is 0 Å². The molecule has 0 aliphatic heterocycles. The number of nitro groups is 1. The third kappa shape index (κ3) is 3.25. The number of nitrogen functional groups attached to an aromatic ring is 1. The average Bonchev–Trinajstić information content (AvgIpc) is 2.82. The molecule has 2 aromatic rings. The van der Waals surface area contributed by atoms with Crippen molar-refractivity contribution >= 4 is 40.2 Å². The summed E-state index contributed by atoms with van der Waals surface area (Å²) in [5.41, 5.74) is 5.76. The number of benzene rings is 1. The van der Waals surface area contributed by atoms with E-state index < -0.39 is 10.8 Å². The second-order valence-electron chi connectivity index (χ2n) is 3.92. The van der Waals surface area contributed by atoms with E-state index in [1.54, 1.807) is 12.1 Å². The molecule has 0 aliphatic rings. The van der Waals surface area contributed by atoms with Crippen LogP contribution in [0.15, 0.2) is 30.3 Å². The van der Waals surface area contributed by atoms with Gasteiger partial charge >= 0.3 is 0 Å². The molecule has 104 valence electrons. The minimum atomic E-state index is -0.574. The van der Waals surface area contributed by atoms with Crippen molar-refractivity contribution in [2.45, 2.75) is 6.54 Å². The first-order chi connectivity index (χ1) is 9.47. The molecule has 0 bridgehead atoms. The Morgan fingerprint density at radius 3 is 2.75 bits per heavy atom. The molecule has 0 fully saturated rings. The van der Waals surface area contributed by atoms with E-state index >= 15 is 0 Å². The quantitative estimate of drug-likeness (QED) is 0.515. The van der Waals surface area contributed by atoms with Crippen LogP contribution in [0.4, 0.5) is 11.4 Å². The van der Waals surface area contributed by atoms with E-state index in [9.17, 15) is 14.9 Å². The number of anilines is 1. The summed E-state index contributed by atoms with van der Waals surface area (Å²) in [4.78, 5) is 23.0. The van der Waals surface area contributed by atoms with Gasteiger partial charge in [-0.1, -0.05) is 11.6 Å². The molecule has 0 saturated heterocycles. The highest BCUT2D eigenvalue weighted by Gasteiger charge is 2.15. The summed E-state index contributed by atoms with van der Waals surface area (Å²) in [6.07, 6.45) is 0. The highest BCUT2D eigenvalue weighted by Crippen LogP contribution is 2.22. The summed E-state index contributed by atoms with van der Waals surface area (Å²) < 4.78 is 0.629. The SMILES string of the molecule is Nc1ccc([N+](=O)[O-])cc1C(=O)NCc1ccc(Cl)s1. The molecule has 0 radical (unpaired) electrons. The first-order valence-corrected chi connectivity index (χ1v) is 6.73. The molecule has 0 unspecified atom stereocenters. The molecular formula is C12H10ClN3O3S. The fourth-order valence-corrected chi connectivity index (χ4v) is 2.59. The van der Waals surface area contributed by atoms with Crippen LogP contribution in [0.5, 0.6) is 0 Å². The fourth-order valence-electron chi connectivity index (χ4n) is 1.56. The van der Waals surface area contributed by atoms with Gasteiger partial charge in [-0.2, -0.15) is 0 Å². The number of amides is 1. The molecule has 1 heterocycles. The van der Waals surface area contributed by atoms with Gasteiger partial charge in [-0.05, 0) is 18.2 Å². The zero-order valence-corrected chi connectivity index (χ0v) is 11.7. The second kappa shape index (κ2) is 5.89. The summed E-state index contributed by atoms with van der Waals surface area (Å²) in [6.45, 7) is 0.290. The van der Waals surface area contributed by atoms with Gasteiger partial charge in [0.05, 0.1) is 21.4 Å². The number of nitrogens with zero attached hydrogens (tertiary/aromatic N) is 1. The van der Waals surface area contributed by atoms with Gasteiger partial charge in [0.1, 0.15) is 0 Å². The van der Waals surface area contributed by atoms with Gasteiger partial charge in [0.2, 0.25) is 0 Å². The van der Waals surface area contributed by atoms with Crippen molar-refractivity contribution in [3.63, 3.8) is 0 Å². The molecule has 0 aliphatic carbocycles. The Morgan fingerprint density at radius 1 is 1.40 bits per heavy atom. The average molecular weight is 312 g/mol. The van der Waals surface area contributed by atoms with E-state index in [4.69, 9.17) is 17.3 Å². The normalized spacial score (nSPS) is 10.2. The summed E-state index contributed by atoms with van der Waals surface area (Å²) in [6, 6.07) is 7.28. The number of halogens is 1. The lowest BCUT2D eigenvalue weighted by Gasteiger charge is -2.06. The molecule has 8 heteroatoms. The van der Waals surface area contributed by atoms with E-state index in [-0.39, 0.29) is 16.9 Å². The molecule has 1 amide bonds. The zero-order chi connectivity index (χ0) is 14.7. The van der Waals surface area contributed by atoms with Crippen molar-refractivity contribution in [2.24, 2.45) is 0 Å². The summed E-state index contributed by atoms with van der Waals surface area (Å²) in [5.74, 6) is -0.462. The number of nitro benzene ring substituents is 1. The maximum Gasteiger partial charge on any atom is 0.270 e. The van der Waals surface area contributed by atoms with Gasteiger partial charge < -0.3 is 11.1 Å². The molecule has 0 spiro atoms. The van der Waals surface area contributed by atoms with Crippen molar-refractivity contribution < 1.29 is 9.72 Å². The third-order valence-electron chi connectivity index (χ3n) is 2.54. The number of hydrogen-bond donors (Lipinski definition) is 2. The number of carbonyl (C=O) groups excluding carboxylic acids is 1. The van der Waals surface area contributed by atoms with Crippen LogP contribution in [0.25, 0.3) is 0 Å². The Kier molecular flexibility index (Phi) is 4.21. The minimum Gasteiger partial charge on any atom is -0.398 e. The molecule has 2 rings (SSSR count). The second-order valence-corrected chi connectivity index (χ2v) is 5.72. The van der Waals surface area contributed by atoms with Gasteiger partial charge in [-0.3, -0.25) is 14.9 Å². The fraction of sp³-hybridized carbons (Fsp3) is 0.0833. The zero-order valence-electron chi connectivity index (χ0n) is 10.1. The highest BCUT2D eigenvalue weighted by atomic mass is 35.5. The van der Waals surface area contributed by atoms with E-state index in [2.05, 4.69) is 5.32 Å². The minimum absolute atomic E-state index is 0.0850. The lowest BCUT2D eigenvalue weighted by atomic mass is 10.1. The van der Waals surface area contributed by atoms with Crippen molar-refractivity contribution in [1.29, 1.82) is 0 Å². The smallest absolute Gasteiger partial charge is 0.270 e. The molecule has 0 saturated carbocycles. The van der Waals surface area contributed by atoms with Crippen LogP contribution in [-0.4, -0.2) is 10.8 Å². The number of rotatable bonds is 4. The van der Waals surface area contributed by atoms with E-state index in [1.807, 2.05) is 0 Å². The lowest BCUT2D eigenvalue weighted by Crippen LogP contribution is -2.23. The first-order valence-electron chi connectivity index (χ1n) is 5.53. The number of nitrogens with one attached hydrogen (secondary N) is 1. The largest absolute Gasteiger partial charge is 0.398 e. The number of hydrogen-bond acceptors (Lipinski definition) is 5. The number of nitrogens with two attached hydrogens (primary N) is 1. The maximum absolute atomic E-state index is 12.0. The van der Waals surface area contributed by atoms with Crippen LogP contribution >= 0.6 is 22.9 Å². The monoisotopic (exact) mass is 311 g/mol. The van der Waals surface area contributed by atoms with Crippen LogP contribution in [0.1, 0.15) is 15.2 Å². The summed E-state index contributed by atoms with van der Waals surface area (Å²) in [5, 5.41) is 13.3. The number of carbonyl (C=O) groups is 1. The van der Waals surface area contributed by atoms with Gasteiger partial charge in [-0.15, -0.1) is 11.3 Å². The van der Waals surface area contributed by atoms with E-state index in [1.165, 1.54) is 23.5 Å². The Balaban J connectivity index is 2.12. The number of non-ortho nitro benzene ring substituents is 1. The summed E-state index contributed by atoms with van der Waals surface area (Å²) in [7, 11) is 0. The molecule has 20 heavy (non-hydrogen) atoms. The standard InChI is InChI=1S/C12H10ClN3O3S/c13-11-4-2-8(20-11)6-15-12(17)9-5-7(16(18)19)1-3-10(9)14/h1-5H,6,14H2,(H,15,17). The third-order valence-corrected chi connectivity index (χ3v) is 3.78. The molecule has 0 atom stereocenters. The van der Waals surface area contributed by atoms with Crippen LogP contribution < -0.4 is 11.1 Å². The molecule has 1 aromatic heterocycles. The predicted octanol–water partition coefficient (Wildman–Crippen LogP) is 2.82. The van der Waals surface area contributed by atoms with Crippen molar-refractivity contribution in [3.8, 4) is 0 Å². The van der Waals surface area contributed by atoms with Crippen LogP contribution in [-0.2, 0) is 6.54 Å². The Labute approximate surface area is 123 Å². The van der Waals surface area contributed by atoms with Crippen molar-refractivity contribution in [1.82, 2.24) is 5.32 Å². The first kappa shape index (κ1) is 14.3. The molecule has 3 N–H and O–H groups in total. The van der Waals surface area contributed by atoms with Crippen molar-refractivity contribution in [3.05, 3.63) is 55.2 Å². The molecule has 1 aromatic carbocycles. The topological polar surface area (TPSA) is 98.3 Å². The van der Waals surface area contributed by atoms with E-state index in [0.29, 0.717) is 10.9 Å². The number of thiophene rings is 1. The Hall–Kier alpha value is -2.12. The maximum atomic E-state index is 12.0. The van der Waals surface area contributed by atoms with Gasteiger partial charge in [-0.25, -0.2) is 0 Å². The van der Waals surface area contributed by atoms with Gasteiger partial charge in [0.15, 0.2) is 0 Å². The van der Waals surface area contributed by atoms with Crippen LogP contribution in [0, 0.1) is 10.1 Å². The van der Waals surface area contributed by atoms with Gasteiger partial charge in [0, 0.05) is 22.7 Å². The lowest BCUT2D eigenvalue weighted by molar-refractivity contribution is -0.384. The highest BCUT2D eigenvalue weighted by molar-refractivity contribution is 7.16. The van der Waals surface area contributed by atoms with Gasteiger partial charge in [0.25, 0.3) is 11.6 Å².